The molecule has 0 spiro atoms. The minimum Gasteiger partial charge on any atom is -0.399 e. The Kier molecular flexibility index (Phi) is 1.45. The summed E-state index contributed by atoms with van der Waals surface area (Å²) >= 11 is 0. The van der Waals surface area contributed by atoms with Crippen LogP contribution in [-0.4, -0.2) is 9.66 Å². The number of fused-ring (bicyclic) bond motifs is 1. The van der Waals surface area contributed by atoms with E-state index in [1.165, 1.54) is 11.0 Å². The van der Waals surface area contributed by atoms with E-state index < -0.39 is 0 Å². The van der Waals surface area contributed by atoms with Crippen LogP contribution in [0.1, 0.15) is 0 Å². The fourth-order valence-electron chi connectivity index (χ4n) is 1.18. The first-order chi connectivity index (χ1) is 6.18. The molecule has 0 unspecified atom stereocenters. The van der Waals surface area contributed by atoms with Gasteiger partial charge in [0.15, 0.2) is 5.49 Å². The molecule has 1 heterocycles. The summed E-state index contributed by atoms with van der Waals surface area (Å²) in [7, 11) is 0. The molecule has 0 atom stereocenters. The highest BCUT2D eigenvalue weighted by atomic mass is 15.3. The fraction of sp³-hybridized carbons (Fsp3) is 0. The third kappa shape index (κ3) is 1.10. The van der Waals surface area contributed by atoms with E-state index >= 15 is 0 Å². The zero-order valence-corrected chi connectivity index (χ0v) is 6.86. The van der Waals surface area contributed by atoms with Crippen LogP contribution in [-0.2, 0) is 0 Å². The molecular weight excluding hydrogens is 166 g/mol. The first-order valence-electron chi connectivity index (χ1n) is 3.75. The van der Waals surface area contributed by atoms with E-state index in [2.05, 4.69) is 4.98 Å². The Labute approximate surface area is 74.1 Å². The Morgan fingerprint density at radius 1 is 1.38 bits per heavy atom. The number of hydrogen-bond donors (Lipinski definition) is 3. The molecule has 0 fully saturated rings. The number of hydrogen-bond acceptors (Lipinski definition) is 4. The van der Waals surface area contributed by atoms with Gasteiger partial charge in [0.25, 0.3) is 0 Å². The van der Waals surface area contributed by atoms with Gasteiger partial charge in [-0.05, 0) is 18.2 Å². The van der Waals surface area contributed by atoms with Crippen molar-refractivity contribution in [3.05, 3.63) is 30.0 Å². The number of nitrogens with two attached hydrogens (primary N) is 2. The lowest BCUT2D eigenvalue weighted by atomic mass is 10.2. The maximum absolute atomic E-state index is 7.62. The van der Waals surface area contributed by atoms with E-state index in [4.69, 9.17) is 17.0 Å². The first kappa shape index (κ1) is 7.60. The number of rotatable bonds is 0. The second-order valence-corrected chi connectivity index (χ2v) is 2.78. The van der Waals surface area contributed by atoms with E-state index in [0.717, 1.165) is 0 Å². The summed E-state index contributed by atoms with van der Waals surface area (Å²) < 4.78 is 1.17. The Morgan fingerprint density at radius 2 is 2.15 bits per heavy atom. The normalized spacial score (nSPS) is 10.5. The number of anilines is 1. The van der Waals surface area contributed by atoms with Gasteiger partial charge in [0.05, 0.1) is 5.52 Å². The standard InChI is InChI=1S/C8H9N5/c9-5-1-2-6-7(3-5)12-4-13(11)8(6)10/h1-4,10H,9,11H2. The fourth-order valence-corrected chi connectivity index (χ4v) is 1.18. The lowest BCUT2D eigenvalue weighted by Gasteiger charge is -2.02. The molecule has 13 heavy (non-hydrogen) atoms. The van der Waals surface area contributed by atoms with Gasteiger partial charge < -0.3 is 11.6 Å². The number of nitrogen functional groups attached to an aromatic ring is 2. The van der Waals surface area contributed by atoms with E-state index in [1.807, 2.05) is 0 Å². The van der Waals surface area contributed by atoms with Crippen molar-refractivity contribution in [2.75, 3.05) is 11.6 Å². The summed E-state index contributed by atoms with van der Waals surface area (Å²) in [6.45, 7) is 0. The van der Waals surface area contributed by atoms with Crippen LogP contribution in [0.3, 0.4) is 0 Å². The number of nitrogens with zero attached hydrogens (tertiary/aromatic N) is 2. The Balaban J connectivity index is 2.95. The lowest BCUT2D eigenvalue weighted by molar-refractivity contribution is 0.867. The molecule has 0 aliphatic rings. The van der Waals surface area contributed by atoms with Crippen molar-refractivity contribution in [3.8, 4) is 0 Å². The van der Waals surface area contributed by atoms with E-state index in [1.54, 1.807) is 18.2 Å². The quantitative estimate of drug-likeness (QED) is 0.382. The molecule has 1 aromatic carbocycles. The summed E-state index contributed by atoms with van der Waals surface area (Å²) in [5.41, 5.74) is 7.12. The molecule has 2 aromatic rings. The monoisotopic (exact) mass is 175 g/mol. The predicted octanol–water partition coefficient (Wildman–Crippen LogP) is -0.188. The summed E-state index contributed by atoms with van der Waals surface area (Å²) in [6, 6.07) is 5.18. The van der Waals surface area contributed by atoms with Crippen LogP contribution in [0.25, 0.3) is 10.9 Å². The summed E-state index contributed by atoms with van der Waals surface area (Å²) in [5, 5.41) is 8.31. The molecule has 0 saturated heterocycles. The highest BCUT2D eigenvalue weighted by molar-refractivity contribution is 5.80. The number of aromatic nitrogens is 2. The van der Waals surface area contributed by atoms with Gasteiger partial charge in [-0.1, -0.05) is 0 Å². The number of nitrogens with one attached hydrogen (secondary N) is 1. The van der Waals surface area contributed by atoms with Gasteiger partial charge in [0.2, 0.25) is 0 Å². The average molecular weight is 175 g/mol. The van der Waals surface area contributed by atoms with Gasteiger partial charge in [-0.25, -0.2) is 9.66 Å². The molecule has 0 amide bonds. The highest BCUT2D eigenvalue weighted by Crippen LogP contribution is 2.10. The van der Waals surface area contributed by atoms with Crippen LogP contribution in [0.15, 0.2) is 24.5 Å². The van der Waals surface area contributed by atoms with Crippen molar-refractivity contribution in [1.82, 2.24) is 9.66 Å². The van der Waals surface area contributed by atoms with Crippen molar-refractivity contribution in [1.29, 1.82) is 5.41 Å². The van der Waals surface area contributed by atoms with Crippen LogP contribution in [0.4, 0.5) is 5.69 Å². The molecule has 0 radical (unpaired) electrons. The third-order valence-corrected chi connectivity index (χ3v) is 1.86. The third-order valence-electron chi connectivity index (χ3n) is 1.86. The summed E-state index contributed by atoms with van der Waals surface area (Å²) in [6.07, 6.45) is 1.39. The van der Waals surface area contributed by atoms with Gasteiger partial charge in [-0.3, -0.25) is 5.41 Å². The minimum atomic E-state index is 0.227. The predicted molar refractivity (Wildman–Crippen MR) is 50.2 cm³/mol. The topological polar surface area (TPSA) is 93.7 Å². The molecule has 2 rings (SSSR count). The molecule has 5 N–H and O–H groups in total. The molecule has 0 bridgehead atoms. The molecule has 0 aliphatic carbocycles. The minimum absolute atomic E-state index is 0.227. The smallest absolute Gasteiger partial charge is 0.154 e. The Morgan fingerprint density at radius 3 is 2.92 bits per heavy atom. The zero-order valence-electron chi connectivity index (χ0n) is 6.86. The first-order valence-corrected chi connectivity index (χ1v) is 3.75. The van der Waals surface area contributed by atoms with Gasteiger partial charge in [-0.15, -0.1) is 0 Å². The second-order valence-electron chi connectivity index (χ2n) is 2.78. The molecule has 1 aromatic heterocycles. The Bertz CT molecular complexity index is 513. The number of benzene rings is 1. The molecule has 0 aliphatic heterocycles. The van der Waals surface area contributed by atoms with E-state index in [-0.39, 0.29) is 5.49 Å². The van der Waals surface area contributed by atoms with Crippen LogP contribution in [0.2, 0.25) is 0 Å². The molecular formula is C8H9N5. The van der Waals surface area contributed by atoms with Crippen LogP contribution >= 0.6 is 0 Å². The van der Waals surface area contributed by atoms with Crippen molar-refractivity contribution in [2.24, 2.45) is 0 Å². The Hall–Kier alpha value is -2.04. The van der Waals surface area contributed by atoms with E-state index in [0.29, 0.717) is 16.6 Å². The van der Waals surface area contributed by atoms with Crippen LogP contribution in [0.5, 0.6) is 0 Å². The summed E-state index contributed by atoms with van der Waals surface area (Å²) in [5.74, 6) is 5.46. The second kappa shape index (κ2) is 2.48. The molecule has 5 nitrogen and oxygen atoms in total. The maximum Gasteiger partial charge on any atom is 0.154 e. The van der Waals surface area contributed by atoms with E-state index in [9.17, 15) is 0 Å². The average Bonchev–Trinajstić information content (AvgIpc) is 2.12. The van der Waals surface area contributed by atoms with Gasteiger partial charge >= 0.3 is 0 Å². The molecule has 5 heteroatoms. The molecule has 0 saturated carbocycles. The van der Waals surface area contributed by atoms with Crippen molar-refractivity contribution >= 4 is 16.6 Å². The van der Waals surface area contributed by atoms with Crippen LogP contribution < -0.4 is 17.1 Å². The lowest BCUT2D eigenvalue weighted by Crippen LogP contribution is -2.27. The van der Waals surface area contributed by atoms with Gasteiger partial charge in [0, 0.05) is 11.1 Å². The summed E-state index contributed by atoms with van der Waals surface area (Å²) in [4.78, 5) is 4.04. The van der Waals surface area contributed by atoms with Gasteiger partial charge in [-0.2, -0.15) is 0 Å². The maximum atomic E-state index is 7.62. The van der Waals surface area contributed by atoms with Crippen molar-refractivity contribution < 1.29 is 0 Å². The van der Waals surface area contributed by atoms with Crippen molar-refractivity contribution in [3.63, 3.8) is 0 Å². The van der Waals surface area contributed by atoms with Crippen LogP contribution in [0, 0.1) is 5.41 Å². The van der Waals surface area contributed by atoms with Gasteiger partial charge in [0.1, 0.15) is 6.33 Å². The highest BCUT2D eigenvalue weighted by Gasteiger charge is 1.98. The zero-order chi connectivity index (χ0) is 9.42. The largest absolute Gasteiger partial charge is 0.399 e. The molecule has 66 valence electrons. The SMILES string of the molecule is N=c1c2ccc(N)cc2ncn1N. The van der Waals surface area contributed by atoms with Crippen molar-refractivity contribution in [2.45, 2.75) is 0 Å².